The Kier molecular flexibility index (Phi) is 3.87. The highest BCUT2D eigenvalue weighted by atomic mass is 16.2. The van der Waals surface area contributed by atoms with E-state index in [0.717, 1.165) is 43.1 Å². The molecule has 3 aromatic rings. The van der Waals surface area contributed by atoms with Gasteiger partial charge < -0.3 is 10.2 Å². The Morgan fingerprint density at radius 3 is 3.04 bits per heavy atom. The van der Waals surface area contributed by atoms with Gasteiger partial charge in [-0.05, 0) is 31.9 Å². The molecule has 1 saturated heterocycles. The zero-order valence-electron chi connectivity index (χ0n) is 14.4. The van der Waals surface area contributed by atoms with Gasteiger partial charge >= 0.3 is 0 Å². The Morgan fingerprint density at radius 1 is 1.36 bits per heavy atom. The topological polar surface area (TPSA) is 80.4 Å². The summed E-state index contributed by atoms with van der Waals surface area (Å²) in [5, 5.41) is 11.5. The fraction of sp³-hybridized carbons (Fsp3) is 0.412. The van der Waals surface area contributed by atoms with Crippen LogP contribution < -0.4 is 10.2 Å². The average molecular weight is 339 g/mol. The second kappa shape index (κ2) is 6.19. The molecule has 1 aliphatic rings. The van der Waals surface area contributed by atoms with Crippen molar-refractivity contribution in [2.45, 2.75) is 25.8 Å². The van der Waals surface area contributed by atoms with Crippen molar-refractivity contribution in [3.63, 3.8) is 0 Å². The quantitative estimate of drug-likeness (QED) is 0.775. The summed E-state index contributed by atoms with van der Waals surface area (Å²) in [5.74, 6) is 0.845. The van der Waals surface area contributed by atoms with Gasteiger partial charge in [0, 0.05) is 38.4 Å². The number of aromatic nitrogens is 5. The molecule has 4 heterocycles. The van der Waals surface area contributed by atoms with Crippen molar-refractivity contribution in [1.29, 1.82) is 0 Å². The average Bonchev–Trinajstić information content (AvgIpc) is 3.20. The van der Waals surface area contributed by atoms with Crippen LogP contribution in [0.25, 0.3) is 5.65 Å². The van der Waals surface area contributed by atoms with Gasteiger partial charge in [-0.3, -0.25) is 9.48 Å². The van der Waals surface area contributed by atoms with Crippen LogP contribution in [0.3, 0.4) is 0 Å². The van der Waals surface area contributed by atoms with Crippen LogP contribution in [-0.2, 0) is 7.05 Å². The van der Waals surface area contributed by atoms with Crippen LogP contribution >= 0.6 is 0 Å². The van der Waals surface area contributed by atoms with Crippen molar-refractivity contribution in [2.24, 2.45) is 7.05 Å². The lowest BCUT2D eigenvalue weighted by atomic mass is 10.1. The number of aryl methyl sites for hydroxylation is 2. The number of carbonyl (C=O) groups is 1. The van der Waals surface area contributed by atoms with Crippen molar-refractivity contribution in [2.75, 3.05) is 18.0 Å². The van der Waals surface area contributed by atoms with Gasteiger partial charge in [0.25, 0.3) is 5.91 Å². The van der Waals surface area contributed by atoms with Crippen LogP contribution in [-0.4, -0.2) is 49.4 Å². The van der Waals surface area contributed by atoms with Crippen molar-refractivity contribution >= 4 is 17.4 Å². The molecule has 0 radical (unpaired) electrons. The maximum Gasteiger partial charge on any atom is 0.269 e. The molecule has 1 unspecified atom stereocenters. The number of fused-ring (bicyclic) bond motifs is 1. The van der Waals surface area contributed by atoms with E-state index in [1.807, 2.05) is 31.3 Å². The smallest absolute Gasteiger partial charge is 0.269 e. The van der Waals surface area contributed by atoms with Crippen molar-refractivity contribution < 1.29 is 4.79 Å². The predicted octanol–water partition coefficient (Wildman–Crippen LogP) is 1.17. The van der Waals surface area contributed by atoms with Gasteiger partial charge in [-0.15, -0.1) is 0 Å². The number of rotatable bonds is 3. The molecule has 25 heavy (non-hydrogen) atoms. The molecule has 8 nitrogen and oxygen atoms in total. The van der Waals surface area contributed by atoms with Gasteiger partial charge in [-0.2, -0.15) is 10.2 Å². The first kappa shape index (κ1) is 15.6. The van der Waals surface area contributed by atoms with E-state index in [9.17, 15) is 4.79 Å². The maximum atomic E-state index is 12.5. The Bertz CT molecular complexity index is 913. The minimum absolute atomic E-state index is 0.0749. The molecule has 1 amide bonds. The second-order valence-electron chi connectivity index (χ2n) is 6.47. The summed E-state index contributed by atoms with van der Waals surface area (Å²) < 4.78 is 3.37. The number of anilines is 1. The number of nitrogens with one attached hydrogen (secondary N) is 1. The van der Waals surface area contributed by atoms with E-state index in [-0.39, 0.29) is 11.9 Å². The normalized spacial score (nSPS) is 17.8. The summed E-state index contributed by atoms with van der Waals surface area (Å²) in [7, 11) is 1.79. The molecule has 1 N–H and O–H groups in total. The molecule has 4 rings (SSSR count). The van der Waals surface area contributed by atoms with E-state index >= 15 is 0 Å². The Balaban J connectivity index is 1.47. The number of hydrogen-bond acceptors (Lipinski definition) is 5. The largest absolute Gasteiger partial charge is 0.354 e. The lowest BCUT2D eigenvalue weighted by molar-refractivity contribution is 0.0923. The van der Waals surface area contributed by atoms with Crippen LogP contribution in [0.4, 0.5) is 5.82 Å². The van der Waals surface area contributed by atoms with Crippen LogP contribution in [0, 0.1) is 6.92 Å². The summed E-state index contributed by atoms with van der Waals surface area (Å²) in [5.41, 5.74) is 2.26. The molecule has 8 heteroatoms. The fourth-order valence-corrected chi connectivity index (χ4v) is 3.36. The third-order valence-corrected chi connectivity index (χ3v) is 4.56. The van der Waals surface area contributed by atoms with Gasteiger partial charge in [-0.1, -0.05) is 0 Å². The SMILES string of the molecule is Cc1cc(C(=O)NC2CCCN(c3ccn4nccc4n3)C2)n(C)n1. The minimum Gasteiger partial charge on any atom is -0.354 e. The van der Waals surface area contributed by atoms with Gasteiger partial charge in [0.1, 0.15) is 11.5 Å². The van der Waals surface area contributed by atoms with Gasteiger partial charge in [0.05, 0.1) is 11.9 Å². The second-order valence-corrected chi connectivity index (χ2v) is 6.47. The lowest BCUT2D eigenvalue weighted by Crippen LogP contribution is -2.48. The molecule has 1 aliphatic heterocycles. The van der Waals surface area contributed by atoms with Crippen molar-refractivity contribution in [1.82, 2.24) is 29.7 Å². The molecule has 3 aromatic heterocycles. The molecule has 0 aromatic carbocycles. The van der Waals surface area contributed by atoms with Gasteiger partial charge in [0.15, 0.2) is 5.65 Å². The Hall–Kier alpha value is -2.90. The molecule has 130 valence electrons. The van der Waals surface area contributed by atoms with E-state index in [4.69, 9.17) is 0 Å². The molecule has 0 saturated carbocycles. The Morgan fingerprint density at radius 2 is 2.24 bits per heavy atom. The zero-order chi connectivity index (χ0) is 17.4. The van der Waals surface area contributed by atoms with Crippen LogP contribution in [0.1, 0.15) is 29.0 Å². The number of amides is 1. The third-order valence-electron chi connectivity index (χ3n) is 4.56. The van der Waals surface area contributed by atoms with Crippen molar-refractivity contribution in [3.8, 4) is 0 Å². The monoisotopic (exact) mass is 339 g/mol. The summed E-state index contributed by atoms with van der Waals surface area (Å²) >= 11 is 0. The van der Waals surface area contributed by atoms with E-state index in [1.165, 1.54) is 0 Å². The van der Waals surface area contributed by atoms with Crippen LogP contribution in [0.2, 0.25) is 0 Å². The third kappa shape index (κ3) is 3.07. The van der Waals surface area contributed by atoms with E-state index in [2.05, 4.69) is 25.4 Å². The van der Waals surface area contributed by atoms with Crippen LogP contribution in [0.15, 0.2) is 30.6 Å². The predicted molar refractivity (Wildman–Crippen MR) is 93.6 cm³/mol. The lowest BCUT2D eigenvalue weighted by Gasteiger charge is -2.33. The summed E-state index contributed by atoms with van der Waals surface area (Å²) in [6.07, 6.45) is 5.63. The summed E-state index contributed by atoms with van der Waals surface area (Å²) in [6.45, 7) is 3.58. The van der Waals surface area contributed by atoms with E-state index < -0.39 is 0 Å². The molecular formula is C17H21N7O. The highest BCUT2D eigenvalue weighted by Crippen LogP contribution is 2.19. The number of piperidine rings is 1. The maximum absolute atomic E-state index is 12.5. The number of carbonyl (C=O) groups excluding carboxylic acids is 1. The first-order valence-corrected chi connectivity index (χ1v) is 8.47. The standard InChI is InChI=1S/C17H21N7O/c1-12-10-14(22(2)21-12)17(25)19-13-4-3-8-23(11-13)15-6-9-24-16(20-15)5-7-18-24/h5-7,9-10,13H,3-4,8,11H2,1-2H3,(H,19,25). The summed E-state index contributed by atoms with van der Waals surface area (Å²) in [6, 6.07) is 5.76. The molecule has 0 aliphatic carbocycles. The number of nitrogens with zero attached hydrogens (tertiary/aromatic N) is 6. The molecule has 1 atom stereocenters. The highest BCUT2D eigenvalue weighted by molar-refractivity contribution is 5.92. The molecular weight excluding hydrogens is 318 g/mol. The first-order chi connectivity index (χ1) is 12.1. The summed E-state index contributed by atoms with van der Waals surface area (Å²) in [4.78, 5) is 19.4. The highest BCUT2D eigenvalue weighted by Gasteiger charge is 2.24. The van der Waals surface area contributed by atoms with Gasteiger partial charge in [-0.25, -0.2) is 9.50 Å². The van der Waals surface area contributed by atoms with E-state index in [0.29, 0.717) is 5.69 Å². The van der Waals surface area contributed by atoms with Crippen LogP contribution in [0.5, 0.6) is 0 Å². The zero-order valence-corrected chi connectivity index (χ0v) is 14.4. The molecule has 0 spiro atoms. The fourth-order valence-electron chi connectivity index (χ4n) is 3.36. The first-order valence-electron chi connectivity index (χ1n) is 8.47. The number of hydrogen-bond donors (Lipinski definition) is 1. The molecule has 0 bridgehead atoms. The van der Waals surface area contributed by atoms with Crippen molar-refractivity contribution in [3.05, 3.63) is 42.0 Å². The Labute approximate surface area is 145 Å². The minimum atomic E-state index is -0.0749. The molecule has 1 fully saturated rings. The van der Waals surface area contributed by atoms with Gasteiger partial charge in [0.2, 0.25) is 0 Å². The van der Waals surface area contributed by atoms with E-state index in [1.54, 1.807) is 22.4 Å².